The molecule has 2 fully saturated rings. The quantitative estimate of drug-likeness (QED) is 0.803. The Morgan fingerprint density at radius 2 is 2.44 bits per heavy atom. The molecular formula is C12H24N2OS. The largest absolute Gasteiger partial charge is 0.376 e. The average molecular weight is 244 g/mol. The minimum absolute atomic E-state index is 0.474. The molecule has 16 heavy (non-hydrogen) atoms. The molecule has 3 nitrogen and oxygen atoms in total. The summed E-state index contributed by atoms with van der Waals surface area (Å²) in [6, 6.07) is 0.738. The van der Waals surface area contributed by atoms with Gasteiger partial charge in [-0.3, -0.25) is 4.90 Å². The second kappa shape index (κ2) is 6.84. The molecule has 2 rings (SSSR count). The Labute approximate surface area is 103 Å². The van der Waals surface area contributed by atoms with Crippen molar-refractivity contribution < 1.29 is 4.74 Å². The molecule has 0 bridgehead atoms. The van der Waals surface area contributed by atoms with Crippen LogP contribution in [0.1, 0.15) is 19.8 Å². The Morgan fingerprint density at radius 3 is 3.19 bits per heavy atom. The molecule has 94 valence electrons. The van der Waals surface area contributed by atoms with Gasteiger partial charge in [0.25, 0.3) is 0 Å². The highest BCUT2D eigenvalue weighted by Gasteiger charge is 2.20. The monoisotopic (exact) mass is 244 g/mol. The van der Waals surface area contributed by atoms with Crippen molar-refractivity contribution in [1.82, 2.24) is 10.2 Å². The van der Waals surface area contributed by atoms with Crippen molar-refractivity contribution in [2.45, 2.75) is 31.9 Å². The zero-order valence-electron chi connectivity index (χ0n) is 10.3. The first-order valence-corrected chi connectivity index (χ1v) is 7.69. The maximum Gasteiger partial charge on any atom is 0.0700 e. The van der Waals surface area contributed by atoms with Crippen LogP contribution in [0.15, 0.2) is 0 Å². The van der Waals surface area contributed by atoms with Crippen LogP contribution in [0.5, 0.6) is 0 Å². The van der Waals surface area contributed by atoms with Crippen molar-refractivity contribution in [2.24, 2.45) is 0 Å². The number of hydrogen-bond acceptors (Lipinski definition) is 4. The van der Waals surface area contributed by atoms with Crippen molar-refractivity contribution in [2.75, 3.05) is 44.3 Å². The molecule has 0 radical (unpaired) electrons. The van der Waals surface area contributed by atoms with Crippen LogP contribution in [0, 0.1) is 0 Å². The van der Waals surface area contributed by atoms with Gasteiger partial charge in [0.15, 0.2) is 0 Å². The molecule has 2 atom stereocenters. The zero-order valence-corrected chi connectivity index (χ0v) is 11.1. The Bertz CT molecular complexity index is 197. The number of hydrogen-bond donors (Lipinski definition) is 1. The van der Waals surface area contributed by atoms with Gasteiger partial charge < -0.3 is 10.1 Å². The van der Waals surface area contributed by atoms with E-state index in [0.717, 1.165) is 32.2 Å². The van der Waals surface area contributed by atoms with E-state index in [0.29, 0.717) is 6.10 Å². The lowest BCUT2D eigenvalue weighted by atomic mass is 10.2. The van der Waals surface area contributed by atoms with Crippen molar-refractivity contribution in [3.8, 4) is 0 Å². The normalized spacial score (nSPS) is 32.8. The number of nitrogens with zero attached hydrogens (tertiary/aromatic N) is 1. The summed E-state index contributed by atoms with van der Waals surface area (Å²) in [6.45, 7) is 7.82. The van der Waals surface area contributed by atoms with Crippen LogP contribution in [-0.2, 0) is 4.74 Å². The van der Waals surface area contributed by atoms with Crippen molar-refractivity contribution in [1.29, 1.82) is 0 Å². The molecule has 0 aromatic rings. The lowest BCUT2D eigenvalue weighted by Gasteiger charge is -2.34. The Morgan fingerprint density at radius 1 is 1.50 bits per heavy atom. The van der Waals surface area contributed by atoms with Crippen LogP contribution < -0.4 is 5.32 Å². The topological polar surface area (TPSA) is 24.5 Å². The van der Waals surface area contributed by atoms with Gasteiger partial charge in [-0.25, -0.2) is 0 Å². The van der Waals surface area contributed by atoms with Gasteiger partial charge in [-0.05, 0) is 19.4 Å². The van der Waals surface area contributed by atoms with E-state index in [4.69, 9.17) is 4.74 Å². The summed E-state index contributed by atoms with van der Waals surface area (Å²) in [4.78, 5) is 2.57. The minimum Gasteiger partial charge on any atom is -0.376 e. The predicted octanol–water partition coefficient (Wildman–Crippen LogP) is 1.19. The van der Waals surface area contributed by atoms with E-state index in [1.54, 1.807) is 0 Å². The van der Waals surface area contributed by atoms with E-state index < -0.39 is 0 Å². The van der Waals surface area contributed by atoms with Gasteiger partial charge in [-0.15, -0.1) is 0 Å². The fourth-order valence-electron chi connectivity index (χ4n) is 2.37. The lowest BCUT2D eigenvalue weighted by Crippen LogP contribution is -2.45. The van der Waals surface area contributed by atoms with Gasteiger partial charge in [0.1, 0.15) is 0 Å². The van der Waals surface area contributed by atoms with Gasteiger partial charge in [0.2, 0.25) is 0 Å². The molecule has 1 N–H and O–H groups in total. The van der Waals surface area contributed by atoms with E-state index in [-0.39, 0.29) is 0 Å². The van der Waals surface area contributed by atoms with Crippen LogP contribution in [0.2, 0.25) is 0 Å². The lowest BCUT2D eigenvalue weighted by molar-refractivity contribution is -0.0303. The van der Waals surface area contributed by atoms with Crippen LogP contribution >= 0.6 is 11.8 Å². The molecule has 0 saturated carbocycles. The van der Waals surface area contributed by atoms with E-state index >= 15 is 0 Å². The first-order chi connectivity index (χ1) is 7.88. The van der Waals surface area contributed by atoms with Crippen LogP contribution in [-0.4, -0.2) is 61.3 Å². The summed E-state index contributed by atoms with van der Waals surface area (Å²) in [5.41, 5.74) is 0. The van der Waals surface area contributed by atoms with Crippen molar-refractivity contribution in [3.63, 3.8) is 0 Å². The third-order valence-electron chi connectivity index (χ3n) is 3.47. The highest BCUT2D eigenvalue weighted by molar-refractivity contribution is 7.99. The molecule has 2 saturated heterocycles. The van der Waals surface area contributed by atoms with Crippen molar-refractivity contribution in [3.05, 3.63) is 0 Å². The molecule has 0 aromatic carbocycles. The summed E-state index contributed by atoms with van der Waals surface area (Å²) in [6.07, 6.45) is 2.92. The molecule has 2 aliphatic heterocycles. The first-order valence-electron chi connectivity index (χ1n) is 6.53. The maximum atomic E-state index is 5.69. The van der Waals surface area contributed by atoms with E-state index in [1.165, 1.54) is 31.0 Å². The van der Waals surface area contributed by atoms with E-state index in [1.807, 2.05) is 0 Å². The average Bonchev–Trinajstić information content (AvgIpc) is 2.38. The maximum absolute atomic E-state index is 5.69. The predicted molar refractivity (Wildman–Crippen MR) is 70.2 cm³/mol. The molecule has 0 spiro atoms. The molecule has 0 aliphatic carbocycles. The second-order valence-corrected chi connectivity index (χ2v) is 5.87. The molecule has 2 unspecified atom stereocenters. The molecule has 0 aromatic heterocycles. The Kier molecular flexibility index (Phi) is 5.42. The molecular weight excluding hydrogens is 220 g/mol. The number of rotatable bonds is 4. The third kappa shape index (κ3) is 3.91. The second-order valence-electron chi connectivity index (χ2n) is 4.72. The summed E-state index contributed by atoms with van der Waals surface area (Å²) in [7, 11) is 0. The van der Waals surface area contributed by atoms with Gasteiger partial charge in [-0.1, -0.05) is 6.92 Å². The SMILES string of the molecule is CCC1CN(CCC2CSCCN2)CCO1. The number of nitrogens with one attached hydrogen (secondary N) is 1. The van der Waals surface area contributed by atoms with E-state index in [2.05, 4.69) is 28.9 Å². The van der Waals surface area contributed by atoms with Crippen LogP contribution in [0.4, 0.5) is 0 Å². The van der Waals surface area contributed by atoms with Crippen LogP contribution in [0.25, 0.3) is 0 Å². The van der Waals surface area contributed by atoms with Crippen molar-refractivity contribution >= 4 is 11.8 Å². The van der Waals surface area contributed by atoms with E-state index in [9.17, 15) is 0 Å². The molecule has 4 heteroatoms. The summed E-state index contributed by atoms with van der Waals surface area (Å²) in [5.74, 6) is 2.58. The highest BCUT2D eigenvalue weighted by Crippen LogP contribution is 2.13. The van der Waals surface area contributed by atoms with Gasteiger partial charge >= 0.3 is 0 Å². The van der Waals surface area contributed by atoms with Gasteiger partial charge in [-0.2, -0.15) is 11.8 Å². The summed E-state index contributed by atoms with van der Waals surface area (Å²) in [5, 5.41) is 3.61. The number of thioether (sulfide) groups is 1. The number of morpholine rings is 1. The standard InChI is InChI=1S/C12H24N2OS/c1-2-12-9-14(6-7-15-12)5-3-11-10-16-8-4-13-11/h11-13H,2-10H2,1H3. The molecule has 0 amide bonds. The highest BCUT2D eigenvalue weighted by atomic mass is 32.2. The fraction of sp³-hybridized carbons (Fsp3) is 1.00. The van der Waals surface area contributed by atoms with Crippen LogP contribution in [0.3, 0.4) is 0 Å². The van der Waals surface area contributed by atoms with Gasteiger partial charge in [0.05, 0.1) is 12.7 Å². The smallest absolute Gasteiger partial charge is 0.0700 e. The fourth-order valence-corrected chi connectivity index (χ4v) is 3.37. The molecule has 2 heterocycles. The first kappa shape index (κ1) is 12.7. The molecule has 2 aliphatic rings. The minimum atomic E-state index is 0.474. The summed E-state index contributed by atoms with van der Waals surface area (Å²) >= 11 is 2.09. The Hall–Kier alpha value is 0.230. The number of ether oxygens (including phenoxy) is 1. The third-order valence-corrected chi connectivity index (χ3v) is 4.60. The van der Waals surface area contributed by atoms with Gasteiger partial charge in [0, 0.05) is 37.2 Å². The summed E-state index contributed by atoms with van der Waals surface area (Å²) < 4.78 is 5.69. The Balaban J connectivity index is 1.64. The zero-order chi connectivity index (χ0) is 11.2.